The zero-order valence-corrected chi connectivity index (χ0v) is 24.7. The molecule has 1 atom stereocenters. The molecule has 1 fully saturated rings. The van der Waals surface area contributed by atoms with E-state index in [0.717, 1.165) is 43.4 Å². The van der Waals surface area contributed by atoms with E-state index in [2.05, 4.69) is 30.9 Å². The van der Waals surface area contributed by atoms with E-state index in [9.17, 15) is 22.0 Å². The topological polar surface area (TPSA) is 157 Å². The van der Waals surface area contributed by atoms with Crippen molar-refractivity contribution in [3.63, 3.8) is 0 Å². The molecule has 0 spiro atoms. The number of carbonyl (C=O) groups excluding carboxylic acids is 1. The van der Waals surface area contributed by atoms with Crippen molar-refractivity contribution in [1.82, 2.24) is 24.8 Å². The average molecular weight is 625 g/mol. The van der Waals surface area contributed by atoms with Gasteiger partial charge in [-0.3, -0.25) is 9.36 Å². The molecule has 0 radical (unpaired) electrons. The third-order valence-corrected chi connectivity index (χ3v) is 8.51. The summed E-state index contributed by atoms with van der Waals surface area (Å²) in [5, 5.41) is 14.4. The number of hydrogen-bond acceptors (Lipinski definition) is 8. The van der Waals surface area contributed by atoms with Crippen molar-refractivity contribution in [3.05, 3.63) is 90.0 Å². The third kappa shape index (κ3) is 8.35. The Morgan fingerprint density at radius 2 is 1.80 bits per heavy atom. The molecule has 2 aromatic carbocycles. The molecule has 1 unspecified atom stereocenters. The highest BCUT2D eigenvalue weighted by Gasteiger charge is 2.25. The summed E-state index contributed by atoms with van der Waals surface area (Å²) in [6.07, 6.45) is 10.9. The summed E-state index contributed by atoms with van der Waals surface area (Å²) in [5.41, 5.74) is 0.954. The Labute approximate surface area is 254 Å². The maximum atomic E-state index is 14.2. The van der Waals surface area contributed by atoms with Gasteiger partial charge in [0.2, 0.25) is 21.9 Å². The number of nitrogens with one attached hydrogen (secondary N) is 3. The molecular weight excluding hydrogens is 590 g/mol. The first kappa shape index (κ1) is 31.0. The van der Waals surface area contributed by atoms with Gasteiger partial charge in [-0.05, 0) is 36.1 Å². The SMILES string of the molecule is NS(=O)(=O)c1ccc(CNc2nc(NC(CC3CCCCC3)C(=O)NCc3ccc(F)cc3F)cc(-n3ccnc3)n2)cc1. The highest BCUT2D eigenvalue weighted by atomic mass is 32.2. The number of primary sulfonamides is 1. The molecule has 2 heterocycles. The standard InChI is InChI=1S/C30H34F2N8O3S/c31-23-9-8-22(25(32)15-23)18-35-29(41)26(14-20-4-2-1-3-5-20)37-27-16-28(40-13-12-34-19-40)39-30(38-27)36-17-21-6-10-24(11-7-21)44(33,42)43/h6-13,15-16,19-20,26H,1-5,14,17-18H2,(H,35,41)(H2,33,42,43)(H2,36,37,38,39). The molecule has 44 heavy (non-hydrogen) atoms. The maximum Gasteiger partial charge on any atom is 0.242 e. The number of hydrogen-bond donors (Lipinski definition) is 4. The highest BCUT2D eigenvalue weighted by Crippen LogP contribution is 2.28. The summed E-state index contributed by atoms with van der Waals surface area (Å²) >= 11 is 0. The van der Waals surface area contributed by atoms with Crippen molar-refractivity contribution >= 4 is 27.7 Å². The number of carbonyl (C=O) groups is 1. The van der Waals surface area contributed by atoms with Crippen LogP contribution in [0.4, 0.5) is 20.5 Å². The van der Waals surface area contributed by atoms with E-state index in [-0.39, 0.29) is 35.4 Å². The van der Waals surface area contributed by atoms with Crippen molar-refractivity contribution in [2.24, 2.45) is 11.1 Å². The predicted molar refractivity (Wildman–Crippen MR) is 161 cm³/mol. The number of nitrogens with two attached hydrogens (primary N) is 1. The van der Waals surface area contributed by atoms with Gasteiger partial charge in [0.15, 0.2) is 0 Å². The lowest BCUT2D eigenvalue weighted by Crippen LogP contribution is -2.41. The summed E-state index contributed by atoms with van der Waals surface area (Å²) in [6, 6.07) is 10.4. The number of benzene rings is 2. The summed E-state index contributed by atoms with van der Waals surface area (Å²) in [4.78, 5) is 26.8. The van der Waals surface area contributed by atoms with E-state index in [1.54, 1.807) is 41.5 Å². The number of nitrogens with zero attached hydrogens (tertiary/aromatic N) is 4. The maximum absolute atomic E-state index is 14.2. The van der Waals surface area contributed by atoms with E-state index < -0.39 is 27.7 Å². The second-order valence-electron chi connectivity index (χ2n) is 10.8. The van der Waals surface area contributed by atoms with Gasteiger partial charge in [-0.1, -0.05) is 50.3 Å². The van der Waals surface area contributed by atoms with E-state index in [0.29, 0.717) is 24.0 Å². The summed E-state index contributed by atoms with van der Waals surface area (Å²) in [7, 11) is -3.80. The molecular formula is C30H34F2N8O3S. The van der Waals surface area contributed by atoms with Gasteiger partial charge in [-0.15, -0.1) is 0 Å². The van der Waals surface area contributed by atoms with Crippen molar-refractivity contribution in [2.45, 2.75) is 62.6 Å². The van der Waals surface area contributed by atoms with Crippen LogP contribution in [0.15, 0.2) is 72.1 Å². The summed E-state index contributed by atoms with van der Waals surface area (Å²) in [5.74, 6) is -0.250. The van der Waals surface area contributed by atoms with Crippen molar-refractivity contribution in [2.75, 3.05) is 10.6 Å². The number of anilines is 2. The normalized spacial score (nSPS) is 14.6. The van der Waals surface area contributed by atoms with E-state index in [4.69, 9.17) is 5.14 Å². The van der Waals surface area contributed by atoms with Gasteiger partial charge in [0, 0.05) is 43.2 Å². The first-order chi connectivity index (χ1) is 21.1. The highest BCUT2D eigenvalue weighted by molar-refractivity contribution is 7.89. The van der Waals surface area contributed by atoms with Crippen molar-refractivity contribution in [3.8, 4) is 5.82 Å². The zero-order chi connectivity index (χ0) is 31.1. The van der Waals surface area contributed by atoms with Crippen LogP contribution in [0.2, 0.25) is 0 Å². The molecule has 2 aromatic heterocycles. The Hall–Kier alpha value is -4.43. The van der Waals surface area contributed by atoms with Crippen molar-refractivity contribution in [1.29, 1.82) is 0 Å². The predicted octanol–water partition coefficient (Wildman–Crippen LogP) is 4.27. The fourth-order valence-corrected chi connectivity index (χ4v) is 5.74. The van der Waals surface area contributed by atoms with E-state index >= 15 is 0 Å². The summed E-state index contributed by atoms with van der Waals surface area (Å²) in [6.45, 7) is 0.196. The largest absolute Gasteiger partial charge is 0.358 e. The molecule has 1 aliphatic carbocycles. The number of imidazole rings is 1. The Morgan fingerprint density at radius 1 is 1.02 bits per heavy atom. The minimum atomic E-state index is -3.80. The average Bonchev–Trinajstić information content (AvgIpc) is 3.55. The molecule has 0 saturated heterocycles. The van der Waals surface area contributed by atoms with Crippen LogP contribution in [-0.2, 0) is 27.9 Å². The van der Waals surface area contributed by atoms with Crippen LogP contribution in [0.25, 0.3) is 5.82 Å². The van der Waals surface area contributed by atoms with Gasteiger partial charge in [-0.2, -0.15) is 9.97 Å². The lowest BCUT2D eigenvalue weighted by atomic mass is 9.84. The van der Waals surface area contributed by atoms with Crippen LogP contribution >= 0.6 is 0 Å². The lowest BCUT2D eigenvalue weighted by molar-refractivity contribution is -0.122. The van der Waals surface area contributed by atoms with Gasteiger partial charge in [0.05, 0.1) is 4.90 Å². The third-order valence-electron chi connectivity index (χ3n) is 7.58. The second-order valence-corrected chi connectivity index (χ2v) is 12.4. The Morgan fingerprint density at radius 3 is 2.48 bits per heavy atom. The monoisotopic (exact) mass is 624 g/mol. The molecule has 0 bridgehead atoms. The lowest BCUT2D eigenvalue weighted by Gasteiger charge is -2.27. The Balaban J connectivity index is 1.36. The minimum Gasteiger partial charge on any atom is -0.358 e. The second kappa shape index (κ2) is 13.9. The van der Waals surface area contributed by atoms with Gasteiger partial charge in [0.25, 0.3) is 0 Å². The van der Waals surface area contributed by atoms with Gasteiger partial charge in [-0.25, -0.2) is 27.3 Å². The molecule has 14 heteroatoms. The van der Waals surface area contributed by atoms with Crippen LogP contribution < -0.4 is 21.1 Å². The molecule has 0 aliphatic heterocycles. The van der Waals surface area contributed by atoms with E-state index in [1.807, 2.05) is 0 Å². The van der Waals surface area contributed by atoms with Crippen LogP contribution in [0.3, 0.4) is 0 Å². The number of aromatic nitrogens is 4. The van der Waals surface area contributed by atoms with Gasteiger partial charge >= 0.3 is 0 Å². The van der Waals surface area contributed by atoms with Crippen LogP contribution in [0.1, 0.15) is 49.7 Å². The molecule has 1 aliphatic rings. The fraction of sp³-hybridized carbons (Fsp3) is 0.333. The van der Waals surface area contributed by atoms with Gasteiger partial charge in [0.1, 0.15) is 35.6 Å². The fourth-order valence-electron chi connectivity index (χ4n) is 5.23. The van der Waals surface area contributed by atoms with Crippen LogP contribution in [0.5, 0.6) is 0 Å². The van der Waals surface area contributed by atoms with Crippen LogP contribution in [-0.4, -0.2) is 39.9 Å². The molecule has 11 nitrogen and oxygen atoms in total. The van der Waals surface area contributed by atoms with E-state index in [1.165, 1.54) is 24.6 Å². The molecule has 1 saturated carbocycles. The minimum absolute atomic E-state index is 0.00976. The number of amides is 1. The molecule has 5 rings (SSSR count). The first-order valence-corrected chi connectivity index (χ1v) is 15.9. The first-order valence-electron chi connectivity index (χ1n) is 14.4. The Kier molecular flexibility index (Phi) is 9.80. The summed E-state index contributed by atoms with van der Waals surface area (Å²) < 4.78 is 52.5. The van der Waals surface area contributed by atoms with Crippen LogP contribution in [0, 0.1) is 17.6 Å². The molecule has 4 aromatic rings. The quantitative estimate of drug-likeness (QED) is 0.182. The smallest absolute Gasteiger partial charge is 0.242 e. The Bertz CT molecular complexity index is 1680. The molecule has 232 valence electrons. The van der Waals surface area contributed by atoms with Crippen molar-refractivity contribution < 1.29 is 22.0 Å². The zero-order valence-electron chi connectivity index (χ0n) is 23.9. The number of sulfonamides is 1. The number of halogens is 2. The van der Waals surface area contributed by atoms with Gasteiger partial charge < -0.3 is 16.0 Å². The molecule has 1 amide bonds. The molecule has 5 N–H and O–H groups in total. The number of rotatable bonds is 12.